The molecule has 0 fully saturated rings. The quantitative estimate of drug-likeness (QED) is 0.724. The molecule has 3 heterocycles. The van der Waals surface area contributed by atoms with E-state index in [0.717, 1.165) is 34.8 Å². The zero-order chi connectivity index (χ0) is 19.7. The van der Waals surface area contributed by atoms with Gasteiger partial charge >= 0.3 is 0 Å². The van der Waals surface area contributed by atoms with Gasteiger partial charge in [0.25, 0.3) is 0 Å². The number of aliphatic hydroxyl groups is 1. The number of benzene rings is 1. The lowest BCUT2D eigenvalue weighted by molar-refractivity contribution is 0.0666. The molecule has 0 radical (unpaired) electrons. The van der Waals surface area contributed by atoms with Crippen molar-refractivity contribution in [2.24, 2.45) is 0 Å². The Balaban J connectivity index is 1.90. The fourth-order valence-electron chi connectivity index (χ4n) is 3.57. The third kappa shape index (κ3) is 3.51. The molecule has 4 rings (SSSR count). The molecule has 1 unspecified atom stereocenters. The normalized spacial score (nSPS) is 16.5. The van der Waals surface area contributed by atoms with Crippen LogP contribution in [0.2, 0.25) is 5.02 Å². The van der Waals surface area contributed by atoms with Crippen LogP contribution in [0.5, 0.6) is 5.75 Å². The van der Waals surface area contributed by atoms with Crippen LogP contribution in [0.1, 0.15) is 18.3 Å². The van der Waals surface area contributed by atoms with Crippen LogP contribution in [-0.2, 0) is 24.3 Å². The maximum atomic E-state index is 9.46. The Kier molecular flexibility index (Phi) is 5.35. The predicted octanol–water partition coefficient (Wildman–Crippen LogP) is 3.73. The molecular formula is C21H22ClN3O3. The molecule has 1 N–H and O–H groups in total. The second kappa shape index (κ2) is 7.91. The number of aliphatic hydroxyl groups excluding tert-OH is 1. The van der Waals surface area contributed by atoms with Gasteiger partial charge in [0.05, 0.1) is 49.4 Å². The molecule has 1 aromatic carbocycles. The summed E-state index contributed by atoms with van der Waals surface area (Å²) in [6, 6.07) is 9.48. The van der Waals surface area contributed by atoms with E-state index in [2.05, 4.69) is 16.5 Å². The van der Waals surface area contributed by atoms with E-state index in [1.54, 1.807) is 13.3 Å². The third-order valence-corrected chi connectivity index (χ3v) is 5.23. The highest BCUT2D eigenvalue weighted by molar-refractivity contribution is 6.32. The van der Waals surface area contributed by atoms with Crippen molar-refractivity contribution in [3.63, 3.8) is 0 Å². The fourth-order valence-corrected chi connectivity index (χ4v) is 3.76. The van der Waals surface area contributed by atoms with Crippen molar-refractivity contribution in [3.05, 3.63) is 52.9 Å². The lowest BCUT2D eigenvalue weighted by atomic mass is 10.1. The number of imidazole rings is 1. The summed E-state index contributed by atoms with van der Waals surface area (Å²) in [6.07, 6.45) is 2.54. The van der Waals surface area contributed by atoms with E-state index in [9.17, 15) is 5.11 Å². The molecule has 1 aliphatic heterocycles. The third-order valence-electron chi connectivity index (χ3n) is 4.91. The van der Waals surface area contributed by atoms with Crippen molar-refractivity contribution in [1.82, 2.24) is 14.5 Å². The molecule has 0 aliphatic carbocycles. The van der Waals surface area contributed by atoms with Crippen molar-refractivity contribution in [2.75, 3.05) is 13.7 Å². The van der Waals surface area contributed by atoms with Crippen molar-refractivity contribution < 1.29 is 14.6 Å². The number of hydrogen-bond donors (Lipinski definition) is 1. The molecule has 7 heteroatoms. The maximum Gasteiger partial charge on any atom is 0.141 e. The summed E-state index contributed by atoms with van der Waals surface area (Å²) >= 11 is 6.21. The number of rotatable bonds is 4. The molecule has 0 spiro atoms. The first-order valence-electron chi connectivity index (χ1n) is 9.21. The predicted molar refractivity (Wildman–Crippen MR) is 107 cm³/mol. The van der Waals surface area contributed by atoms with Crippen LogP contribution in [0.15, 0.2) is 36.5 Å². The number of nitrogens with zero attached hydrogens (tertiary/aromatic N) is 3. The molecule has 146 valence electrons. The Morgan fingerprint density at radius 2 is 2.14 bits per heavy atom. The van der Waals surface area contributed by atoms with Crippen LogP contribution in [0.4, 0.5) is 0 Å². The monoisotopic (exact) mass is 399 g/mol. The Bertz CT molecular complexity index is 1000. The number of halogens is 1. The van der Waals surface area contributed by atoms with Crippen molar-refractivity contribution in [2.45, 2.75) is 32.6 Å². The molecule has 1 atom stereocenters. The molecule has 28 heavy (non-hydrogen) atoms. The molecule has 0 saturated heterocycles. The average molecular weight is 400 g/mol. The molecular weight excluding hydrogens is 378 g/mol. The van der Waals surface area contributed by atoms with Gasteiger partial charge in [0.15, 0.2) is 0 Å². The molecule has 0 bridgehead atoms. The molecule has 3 aromatic rings. The van der Waals surface area contributed by atoms with Gasteiger partial charge in [-0.05, 0) is 37.3 Å². The van der Waals surface area contributed by atoms with Crippen LogP contribution < -0.4 is 4.74 Å². The number of aromatic nitrogens is 3. The summed E-state index contributed by atoms with van der Waals surface area (Å²) in [7, 11) is 1.60. The van der Waals surface area contributed by atoms with Crippen molar-refractivity contribution in [3.8, 4) is 28.4 Å². The first-order valence-corrected chi connectivity index (χ1v) is 9.59. The molecule has 2 aromatic heterocycles. The highest BCUT2D eigenvalue weighted by Gasteiger charge is 2.24. The molecule has 0 amide bonds. The Morgan fingerprint density at radius 3 is 2.93 bits per heavy atom. The summed E-state index contributed by atoms with van der Waals surface area (Å²) in [6.45, 7) is 3.31. The summed E-state index contributed by atoms with van der Waals surface area (Å²) < 4.78 is 13.5. The van der Waals surface area contributed by atoms with Gasteiger partial charge in [-0.1, -0.05) is 11.6 Å². The Hall–Kier alpha value is -2.41. The van der Waals surface area contributed by atoms with Gasteiger partial charge in [-0.15, -0.1) is 0 Å². The van der Waals surface area contributed by atoms with E-state index in [1.807, 2.05) is 30.3 Å². The van der Waals surface area contributed by atoms with Crippen molar-refractivity contribution in [1.29, 1.82) is 0 Å². The highest BCUT2D eigenvalue weighted by atomic mass is 35.5. The summed E-state index contributed by atoms with van der Waals surface area (Å²) in [4.78, 5) is 9.17. The maximum absolute atomic E-state index is 9.46. The van der Waals surface area contributed by atoms with Crippen LogP contribution in [0.25, 0.3) is 22.6 Å². The smallest absolute Gasteiger partial charge is 0.141 e. The standard InChI is InChI=1S/C21H22ClN3O3/c1-13-11-25-18(6-8-28-13)20(14-5-7-23-16(9-14)12-26)24-21(25)15-3-4-17(22)19(10-15)27-2/h3-5,7,9-10,13,26H,6,8,11-12H2,1-2H3. The van der Waals surface area contributed by atoms with Gasteiger partial charge in [0, 0.05) is 29.4 Å². The van der Waals surface area contributed by atoms with E-state index in [1.165, 1.54) is 0 Å². The van der Waals surface area contributed by atoms with Gasteiger partial charge in [0.2, 0.25) is 0 Å². The van der Waals surface area contributed by atoms with Crippen LogP contribution in [0.3, 0.4) is 0 Å². The van der Waals surface area contributed by atoms with E-state index in [-0.39, 0.29) is 12.7 Å². The van der Waals surface area contributed by atoms with Crippen LogP contribution in [0, 0.1) is 0 Å². The average Bonchev–Trinajstić information content (AvgIpc) is 2.95. The number of fused-ring (bicyclic) bond motifs is 1. The van der Waals surface area contributed by atoms with E-state index < -0.39 is 0 Å². The first kappa shape index (κ1) is 18.9. The zero-order valence-electron chi connectivity index (χ0n) is 15.9. The highest BCUT2D eigenvalue weighted by Crippen LogP contribution is 2.35. The number of pyridine rings is 1. The first-order chi connectivity index (χ1) is 13.6. The van der Waals surface area contributed by atoms with Gasteiger partial charge in [-0.2, -0.15) is 0 Å². The number of ether oxygens (including phenoxy) is 2. The Labute approximate surface area is 168 Å². The molecule has 0 saturated carbocycles. The largest absolute Gasteiger partial charge is 0.495 e. The second-order valence-corrected chi connectivity index (χ2v) is 7.22. The van der Waals surface area contributed by atoms with Gasteiger partial charge in [-0.25, -0.2) is 4.98 Å². The van der Waals surface area contributed by atoms with Crippen LogP contribution in [-0.4, -0.2) is 39.5 Å². The SMILES string of the molecule is COc1cc(-c2nc(-c3ccnc(CO)c3)c3n2CC(C)OCC3)ccc1Cl. The van der Waals surface area contributed by atoms with E-state index in [4.69, 9.17) is 26.1 Å². The van der Waals surface area contributed by atoms with E-state index >= 15 is 0 Å². The minimum absolute atomic E-state index is 0.0849. The zero-order valence-corrected chi connectivity index (χ0v) is 16.6. The minimum Gasteiger partial charge on any atom is -0.495 e. The minimum atomic E-state index is -0.106. The fraction of sp³-hybridized carbons (Fsp3) is 0.333. The van der Waals surface area contributed by atoms with Crippen LogP contribution >= 0.6 is 11.6 Å². The molecule has 6 nitrogen and oxygen atoms in total. The summed E-state index contributed by atoms with van der Waals surface area (Å²) in [5.41, 5.74) is 4.48. The number of hydrogen-bond acceptors (Lipinski definition) is 5. The molecule has 1 aliphatic rings. The van der Waals surface area contributed by atoms with Gasteiger partial charge in [0.1, 0.15) is 11.6 Å². The Morgan fingerprint density at radius 1 is 1.29 bits per heavy atom. The van der Waals surface area contributed by atoms with E-state index in [0.29, 0.717) is 29.6 Å². The number of methoxy groups -OCH3 is 1. The van der Waals surface area contributed by atoms with Gasteiger partial charge < -0.3 is 19.1 Å². The lowest BCUT2D eigenvalue weighted by Crippen LogP contribution is -2.15. The topological polar surface area (TPSA) is 69.4 Å². The summed E-state index contributed by atoms with van der Waals surface area (Å²) in [5.74, 6) is 1.46. The lowest BCUT2D eigenvalue weighted by Gasteiger charge is -2.13. The van der Waals surface area contributed by atoms with Crippen molar-refractivity contribution >= 4 is 11.6 Å². The van der Waals surface area contributed by atoms with Gasteiger partial charge in [-0.3, -0.25) is 4.98 Å². The second-order valence-electron chi connectivity index (χ2n) is 6.82. The summed E-state index contributed by atoms with van der Waals surface area (Å²) in [5, 5.41) is 10.0.